The second-order valence-electron chi connectivity index (χ2n) is 11.8. The Balaban J connectivity index is 1.12. The molecule has 9 rings (SSSR count). The van der Waals surface area contributed by atoms with Gasteiger partial charge in [0.25, 0.3) is 0 Å². The lowest BCUT2D eigenvalue weighted by molar-refractivity contribution is 1.32. The van der Waals surface area contributed by atoms with Gasteiger partial charge < -0.3 is 0 Å². The average molecular weight is 585 g/mol. The summed E-state index contributed by atoms with van der Waals surface area (Å²) in [5, 5.41) is 7.72. The Hall–Kier alpha value is -6.12. The molecular weight excluding hydrogens is 556 g/mol. The van der Waals surface area contributed by atoms with Gasteiger partial charge in [0.1, 0.15) is 0 Å². The number of rotatable bonds is 5. The number of pyridine rings is 2. The monoisotopic (exact) mass is 584 g/mol. The predicted molar refractivity (Wildman–Crippen MR) is 193 cm³/mol. The fourth-order valence-electron chi connectivity index (χ4n) is 6.84. The third kappa shape index (κ3) is 4.43. The lowest BCUT2D eigenvalue weighted by Crippen LogP contribution is -1.90. The summed E-state index contributed by atoms with van der Waals surface area (Å²) in [6, 6.07) is 58.4. The first-order valence-corrected chi connectivity index (χ1v) is 15.7. The third-order valence-electron chi connectivity index (χ3n) is 9.13. The van der Waals surface area contributed by atoms with Crippen molar-refractivity contribution < 1.29 is 0 Å². The SMILES string of the molecule is c1ccc(-c2cccc(-c3ccc(-c4ccc5ccc6c(-c7ccc(-c8ccccn8)cc7)ccc7ccc4c5c76)cc3)n2)cc1. The molecule has 0 bridgehead atoms. The zero-order chi connectivity index (χ0) is 30.5. The zero-order valence-electron chi connectivity index (χ0n) is 25.1. The lowest BCUT2D eigenvalue weighted by Gasteiger charge is -2.17. The maximum Gasteiger partial charge on any atom is 0.0709 e. The van der Waals surface area contributed by atoms with Crippen LogP contribution in [0.15, 0.2) is 170 Å². The molecule has 2 heteroatoms. The number of nitrogens with zero attached hydrogens (tertiary/aromatic N) is 2. The van der Waals surface area contributed by atoms with Gasteiger partial charge in [-0.2, -0.15) is 0 Å². The fourth-order valence-corrected chi connectivity index (χ4v) is 6.84. The van der Waals surface area contributed by atoms with E-state index in [0.29, 0.717) is 0 Å². The molecule has 0 unspecified atom stereocenters. The van der Waals surface area contributed by atoms with Crippen molar-refractivity contribution in [2.45, 2.75) is 0 Å². The maximum atomic E-state index is 4.97. The minimum Gasteiger partial charge on any atom is -0.256 e. The summed E-state index contributed by atoms with van der Waals surface area (Å²) in [6.45, 7) is 0. The summed E-state index contributed by atoms with van der Waals surface area (Å²) in [5.74, 6) is 0. The van der Waals surface area contributed by atoms with Crippen LogP contribution in [-0.4, -0.2) is 9.97 Å². The van der Waals surface area contributed by atoms with E-state index < -0.39 is 0 Å². The Morgan fingerprint density at radius 2 is 0.761 bits per heavy atom. The van der Waals surface area contributed by atoms with E-state index in [-0.39, 0.29) is 0 Å². The molecule has 2 heterocycles. The van der Waals surface area contributed by atoms with Gasteiger partial charge in [-0.1, -0.05) is 140 Å². The Kier molecular flexibility index (Phi) is 6.17. The van der Waals surface area contributed by atoms with E-state index in [2.05, 4.69) is 151 Å². The van der Waals surface area contributed by atoms with Gasteiger partial charge in [0.15, 0.2) is 0 Å². The van der Waals surface area contributed by atoms with Crippen LogP contribution in [0.3, 0.4) is 0 Å². The van der Waals surface area contributed by atoms with Crippen molar-refractivity contribution in [2.24, 2.45) is 0 Å². The molecule has 0 aliphatic carbocycles. The lowest BCUT2D eigenvalue weighted by atomic mass is 9.87. The molecule has 0 radical (unpaired) electrons. The number of hydrogen-bond donors (Lipinski definition) is 0. The van der Waals surface area contributed by atoms with Crippen LogP contribution in [0.1, 0.15) is 0 Å². The number of aromatic nitrogens is 2. The fraction of sp³-hybridized carbons (Fsp3) is 0. The Morgan fingerprint density at radius 3 is 1.30 bits per heavy atom. The Labute approximate surface area is 267 Å². The molecule has 0 aliphatic rings. The third-order valence-corrected chi connectivity index (χ3v) is 9.13. The van der Waals surface area contributed by atoms with Gasteiger partial charge in [-0.3, -0.25) is 4.98 Å². The minimum atomic E-state index is 0.976. The minimum absolute atomic E-state index is 0.976. The van der Waals surface area contributed by atoms with E-state index >= 15 is 0 Å². The van der Waals surface area contributed by atoms with Gasteiger partial charge in [0.2, 0.25) is 0 Å². The second kappa shape index (κ2) is 10.8. The van der Waals surface area contributed by atoms with Gasteiger partial charge in [0, 0.05) is 22.9 Å². The summed E-state index contributed by atoms with van der Waals surface area (Å²) >= 11 is 0. The van der Waals surface area contributed by atoms with E-state index in [1.165, 1.54) is 54.6 Å². The average Bonchev–Trinajstić information content (AvgIpc) is 3.14. The molecule has 46 heavy (non-hydrogen) atoms. The van der Waals surface area contributed by atoms with Crippen molar-refractivity contribution in [3.8, 4) is 56.0 Å². The first kappa shape index (κ1) is 26.3. The molecule has 0 atom stereocenters. The molecule has 7 aromatic carbocycles. The predicted octanol–water partition coefficient (Wildman–Crippen LogP) is 11.7. The smallest absolute Gasteiger partial charge is 0.0709 e. The standard InChI is InChI=1S/C44H28N2/c1-2-7-31(8-3-1)41-10-6-11-42(46-41)33-18-14-30(15-19-33)37-25-21-35-22-26-38-36(24-20-34-23-27-39(37)44(35)43(34)38)29-12-16-32(17-13-29)40-9-4-5-28-45-40/h1-28H. The summed E-state index contributed by atoms with van der Waals surface area (Å²) in [4.78, 5) is 9.49. The first-order valence-electron chi connectivity index (χ1n) is 15.7. The quantitative estimate of drug-likeness (QED) is 0.188. The van der Waals surface area contributed by atoms with Crippen LogP contribution in [0.4, 0.5) is 0 Å². The molecule has 0 aliphatic heterocycles. The van der Waals surface area contributed by atoms with Gasteiger partial charge in [-0.05, 0) is 78.8 Å². The summed E-state index contributed by atoms with van der Waals surface area (Å²) in [6.07, 6.45) is 1.84. The molecule has 0 saturated carbocycles. The molecule has 0 spiro atoms. The van der Waals surface area contributed by atoms with Crippen LogP contribution in [0.5, 0.6) is 0 Å². The summed E-state index contributed by atoms with van der Waals surface area (Å²) in [7, 11) is 0. The van der Waals surface area contributed by atoms with Crippen molar-refractivity contribution in [1.82, 2.24) is 9.97 Å². The normalized spacial score (nSPS) is 11.5. The van der Waals surface area contributed by atoms with Crippen molar-refractivity contribution in [3.63, 3.8) is 0 Å². The largest absolute Gasteiger partial charge is 0.256 e. The molecular formula is C44H28N2. The van der Waals surface area contributed by atoms with Crippen molar-refractivity contribution in [2.75, 3.05) is 0 Å². The Morgan fingerprint density at radius 1 is 0.304 bits per heavy atom. The van der Waals surface area contributed by atoms with E-state index in [1.54, 1.807) is 0 Å². The number of benzene rings is 7. The van der Waals surface area contributed by atoms with Crippen molar-refractivity contribution in [3.05, 3.63) is 170 Å². The molecule has 0 amide bonds. The Bertz CT molecular complexity index is 2480. The van der Waals surface area contributed by atoms with Crippen LogP contribution in [0.25, 0.3) is 88.3 Å². The molecule has 214 valence electrons. The van der Waals surface area contributed by atoms with Crippen LogP contribution < -0.4 is 0 Å². The van der Waals surface area contributed by atoms with Crippen LogP contribution in [-0.2, 0) is 0 Å². The zero-order valence-corrected chi connectivity index (χ0v) is 25.1. The first-order chi connectivity index (χ1) is 22.8. The second-order valence-corrected chi connectivity index (χ2v) is 11.8. The van der Waals surface area contributed by atoms with Crippen molar-refractivity contribution in [1.29, 1.82) is 0 Å². The molecule has 2 nitrogen and oxygen atoms in total. The highest BCUT2D eigenvalue weighted by Crippen LogP contribution is 2.42. The van der Waals surface area contributed by atoms with Gasteiger partial charge in [0.05, 0.1) is 17.1 Å². The highest BCUT2D eigenvalue weighted by Gasteiger charge is 2.15. The van der Waals surface area contributed by atoms with E-state index in [9.17, 15) is 0 Å². The van der Waals surface area contributed by atoms with Gasteiger partial charge in [-0.15, -0.1) is 0 Å². The highest BCUT2D eigenvalue weighted by atomic mass is 14.7. The van der Waals surface area contributed by atoms with Gasteiger partial charge >= 0.3 is 0 Å². The highest BCUT2D eigenvalue weighted by molar-refractivity contribution is 6.27. The van der Waals surface area contributed by atoms with Crippen LogP contribution in [0.2, 0.25) is 0 Å². The molecule has 0 fully saturated rings. The summed E-state index contributed by atoms with van der Waals surface area (Å²) < 4.78 is 0. The molecule has 0 N–H and O–H groups in total. The van der Waals surface area contributed by atoms with E-state index in [4.69, 9.17) is 4.98 Å². The summed E-state index contributed by atoms with van der Waals surface area (Å²) in [5.41, 5.74) is 11.2. The van der Waals surface area contributed by atoms with Crippen LogP contribution >= 0.6 is 0 Å². The molecule has 0 saturated heterocycles. The maximum absolute atomic E-state index is 4.97. The van der Waals surface area contributed by atoms with Crippen LogP contribution in [0, 0.1) is 0 Å². The molecule has 9 aromatic rings. The number of hydrogen-bond acceptors (Lipinski definition) is 2. The van der Waals surface area contributed by atoms with E-state index in [0.717, 1.165) is 33.8 Å². The van der Waals surface area contributed by atoms with Crippen molar-refractivity contribution >= 4 is 32.3 Å². The topological polar surface area (TPSA) is 25.8 Å². The molecule has 2 aromatic heterocycles. The van der Waals surface area contributed by atoms with Gasteiger partial charge in [-0.25, -0.2) is 4.98 Å². The van der Waals surface area contributed by atoms with E-state index in [1.807, 2.05) is 24.4 Å².